The minimum Gasteiger partial charge on any atom is -0.463 e. The Labute approximate surface area is 125 Å². The molecule has 1 aliphatic heterocycles. The Morgan fingerprint density at radius 3 is 2.86 bits per heavy atom. The number of carbonyl (C=O) groups is 1. The number of nitrogens with zero attached hydrogens (tertiary/aromatic N) is 2. The van der Waals surface area contributed by atoms with Crippen LogP contribution in [0.3, 0.4) is 0 Å². The summed E-state index contributed by atoms with van der Waals surface area (Å²) in [5, 5.41) is 3.96. The van der Waals surface area contributed by atoms with Gasteiger partial charge in [0.15, 0.2) is 5.82 Å². The van der Waals surface area contributed by atoms with Crippen molar-refractivity contribution in [2.75, 3.05) is 13.2 Å². The predicted molar refractivity (Wildman–Crippen MR) is 75.9 cm³/mol. The zero-order chi connectivity index (χ0) is 15.3. The normalized spacial score (nSPS) is 18.9. The zero-order valence-corrected chi connectivity index (χ0v) is 13.1. The molecule has 2 rings (SSSR count). The second-order valence-corrected chi connectivity index (χ2v) is 6.43. The van der Waals surface area contributed by atoms with Gasteiger partial charge in [0.25, 0.3) is 0 Å². The highest BCUT2D eigenvalue weighted by Crippen LogP contribution is 2.19. The summed E-state index contributed by atoms with van der Waals surface area (Å²) in [5.74, 6) is 1.08. The van der Waals surface area contributed by atoms with Crippen molar-refractivity contribution < 1.29 is 18.8 Å². The average Bonchev–Trinajstić information content (AvgIpc) is 3.07. The molecule has 0 aromatic carbocycles. The van der Waals surface area contributed by atoms with Crippen LogP contribution >= 0.6 is 0 Å². The van der Waals surface area contributed by atoms with Gasteiger partial charge in [0, 0.05) is 24.9 Å². The number of hydrogen-bond acceptors (Lipinski definition) is 6. The number of esters is 1. The Bertz CT molecular complexity index is 458. The van der Waals surface area contributed by atoms with E-state index < -0.39 is 0 Å². The van der Waals surface area contributed by atoms with Crippen molar-refractivity contribution in [3.05, 3.63) is 11.7 Å². The Hall–Kier alpha value is -1.43. The number of hydrogen-bond donors (Lipinski definition) is 0. The first-order valence-corrected chi connectivity index (χ1v) is 7.55. The third-order valence-corrected chi connectivity index (χ3v) is 3.36. The third-order valence-electron chi connectivity index (χ3n) is 3.36. The zero-order valence-electron chi connectivity index (χ0n) is 13.1. The lowest BCUT2D eigenvalue weighted by atomic mass is 9.96. The van der Waals surface area contributed by atoms with Crippen LogP contribution in [-0.2, 0) is 26.1 Å². The molecule has 1 saturated heterocycles. The summed E-state index contributed by atoms with van der Waals surface area (Å²) >= 11 is 0. The third kappa shape index (κ3) is 5.12. The van der Waals surface area contributed by atoms with E-state index in [-0.39, 0.29) is 17.5 Å². The fourth-order valence-electron chi connectivity index (χ4n) is 2.08. The molecule has 1 atom stereocenters. The summed E-state index contributed by atoms with van der Waals surface area (Å²) in [6.45, 7) is 7.24. The largest absolute Gasteiger partial charge is 0.463 e. The van der Waals surface area contributed by atoms with Gasteiger partial charge in [-0.2, -0.15) is 4.98 Å². The number of carbonyl (C=O) groups excluding carboxylic acids is 1. The van der Waals surface area contributed by atoms with E-state index in [1.807, 2.05) is 20.8 Å². The second-order valence-electron chi connectivity index (χ2n) is 6.43. The molecule has 1 aromatic rings. The molecule has 21 heavy (non-hydrogen) atoms. The number of aromatic nitrogens is 2. The molecular weight excluding hydrogens is 272 g/mol. The summed E-state index contributed by atoms with van der Waals surface area (Å²) in [6.07, 6.45) is 3.72. The monoisotopic (exact) mass is 296 g/mol. The molecule has 1 unspecified atom stereocenters. The lowest BCUT2D eigenvalue weighted by molar-refractivity contribution is -0.146. The van der Waals surface area contributed by atoms with E-state index in [4.69, 9.17) is 14.0 Å². The summed E-state index contributed by atoms with van der Waals surface area (Å²) in [4.78, 5) is 15.9. The van der Waals surface area contributed by atoms with Crippen LogP contribution in [0.5, 0.6) is 0 Å². The maximum atomic E-state index is 11.6. The predicted octanol–water partition coefficient (Wildman–Crippen LogP) is 2.41. The van der Waals surface area contributed by atoms with E-state index in [0.717, 1.165) is 19.4 Å². The number of aryl methyl sites for hydroxylation is 1. The van der Waals surface area contributed by atoms with Crippen LogP contribution in [0.1, 0.15) is 58.2 Å². The Balaban J connectivity index is 1.64. The minimum atomic E-state index is -0.193. The number of ether oxygens (including phenoxy) is 2. The molecule has 0 bridgehead atoms. The van der Waals surface area contributed by atoms with Crippen LogP contribution in [0.25, 0.3) is 0 Å². The molecular formula is C15H24N2O4. The molecule has 118 valence electrons. The average molecular weight is 296 g/mol. The van der Waals surface area contributed by atoms with Crippen LogP contribution in [-0.4, -0.2) is 35.4 Å². The van der Waals surface area contributed by atoms with Gasteiger partial charge in [-0.1, -0.05) is 25.9 Å². The minimum absolute atomic E-state index is 0.0826. The Morgan fingerprint density at radius 1 is 1.43 bits per heavy atom. The van der Waals surface area contributed by atoms with Gasteiger partial charge >= 0.3 is 5.97 Å². The first kappa shape index (κ1) is 15.9. The first-order chi connectivity index (χ1) is 9.95. The molecule has 0 amide bonds. The summed E-state index contributed by atoms with van der Waals surface area (Å²) < 4.78 is 15.8. The maximum absolute atomic E-state index is 11.6. The van der Waals surface area contributed by atoms with Gasteiger partial charge in [-0.05, 0) is 19.3 Å². The summed E-state index contributed by atoms with van der Waals surface area (Å²) in [6, 6.07) is 0. The second kappa shape index (κ2) is 7.02. The molecule has 0 radical (unpaired) electrons. The van der Waals surface area contributed by atoms with Crippen molar-refractivity contribution in [1.82, 2.24) is 10.1 Å². The van der Waals surface area contributed by atoms with Gasteiger partial charge in [-0.3, -0.25) is 4.79 Å². The van der Waals surface area contributed by atoms with Gasteiger partial charge in [0.1, 0.15) is 6.61 Å². The molecule has 6 heteroatoms. The van der Waals surface area contributed by atoms with Crippen molar-refractivity contribution in [3.8, 4) is 0 Å². The van der Waals surface area contributed by atoms with E-state index in [9.17, 15) is 4.79 Å². The van der Waals surface area contributed by atoms with Gasteiger partial charge in [-0.25, -0.2) is 0 Å². The standard InChI is InChI=1S/C15H24N2O4/c1-15(2,3)14-16-12(21-17-14)7-4-8-13(18)20-10-11-6-5-9-19-11/h11H,4-10H2,1-3H3. The smallest absolute Gasteiger partial charge is 0.305 e. The fraction of sp³-hybridized carbons (Fsp3) is 0.800. The molecule has 1 fully saturated rings. The van der Waals surface area contributed by atoms with E-state index in [0.29, 0.717) is 37.6 Å². The van der Waals surface area contributed by atoms with E-state index in [1.165, 1.54) is 0 Å². The van der Waals surface area contributed by atoms with Crippen molar-refractivity contribution in [1.29, 1.82) is 0 Å². The quantitative estimate of drug-likeness (QED) is 0.750. The van der Waals surface area contributed by atoms with Crippen molar-refractivity contribution in [2.45, 2.75) is 64.4 Å². The van der Waals surface area contributed by atoms with Gasteiger partial charge in [-0.15, -0.1) is 0 Å². The highest BCUT2D eigenvalue weighted by molar-refractivity contribution is 5.69. The fourth-order valence-corrected chi connectivity index (χ4v) is 2.08. The molecule has 0 N–H and O–H groups in total. The molecule has 0 spiro atoms. The highest BCUT2D eigenvalue weighted by Gasteiger charge is 2.21. The Morgan fingerprint density at radius 2 is 2.24 bits per heavy atom. The molecule has 0 aliphatic carbocycles. The number of rotatable bonds is 6. The SMILES string of the molecule is CC(C)(C)c1noc(CCCC(=O)OCC2CCCO2)n1. The van der Waals surface area contributed by atoms with Crippen molar-refractivity contribution >= 4 is 5.97 Å². The summed E-state index contributed by atoms with van der Waals surface area (Å²) in [7, 11) is 0. The Kier molecular flexibility index (Phi) is 5.33. The van der Waals surface area contributed by atoms with Crippen LogP contribution in [0.15, 0.2) is 4.52 Å². The molecule has 1 aliphatic rings. The van der Waals surface area contributed by atoms with Crippen molar-refractivity contribution in [3.63, 3.8) is 0 Å². The lowest BCUT2D eigenvalue weighted by Crippen LogP contribution is -2.17. The van der Waals surface area contributed by atoms with E-state index in [2.05, 4.69) is 10.1 Å². The first-order valence-electron chi connectivity index (χ1n) is 7.55. The van der Waals surface area contributed by atoms with Crippen LogP contribution in [0.4, 0.5) is 0 Å². The summed E-state index contributed by atoms with van der Waals surface area (Å²) in [5.41, 5.74) is -0.123. The van der Waals surface area contributed by atoms with Crippen LogP contribution in [0.2, 0.25) is 0 Å². The topological polar surface area (TPSA) is 74.5 Å². The van der Waals surface area contributed by atoms with Crippen LogP contribution < -0.4 is 0 Å². The van der Waals surface area contributed by atoms with Gasteiger partial charge in [0.2, 0.25) is 5.89 Å². The van der Waals surface area contributed by atoms with Gasteiger partial charge < -0.3 is 14.0 Å². The van der Waals surface area contributed by atoms with Crippen LogP contribution in [0, 0.1) is 0 Å². The van der Waals surface area contributed by atoms with E-state index in [1.54, 1.807) is 0 Å². The molecule has 2 heterocycles. The van der Waals surface area contributed by atoms with Crippen molar-refractivity contribution in [2.24, 2.45) is 0 Å². The lowest BCUT2D eigenvalue weighted by Gasteiger charge is -2.10. The molecule has 6 nitrogen and oxygen atoms in total. The molecule has 0 saturated carbocycles. The maximum Gasteiger partial charge on any atom is 0.305 e. The highest BCUT2D eigenvalue weighted by atomic mass is 16.6. The van der Waals surface area contributed by atoms with E-state index >= 15 is 0 Å². The molecule has 1 aromatic heterocycles. The van der Waals surface area contributed by atoms with Gasteiger partial charge in [0.05, 0.1) is 6.10 Å².